The van der Waals surface area contributed by atoms with Crippen molar-refractivity contribution in [3.05, 3.63) is 0 Å². The first-order valence-corrected chi connectivity index (χ1v) is 6.46. The highest BCUT2D eigenvalue weighted by atomic mass is 32.2. The van der Waals surface area contributed by atoms with Crippen LogP contribution in [0.2, 0.25) is 0 Å². The maximum absolute atomic E-state index is 11.5. The van der Waals surface area contributed by atoms with E-state index in [9.17, 15) is 13.5 Å². The van der Waals surface area contributed by atoms with E-state index >= 15 is 0 Å². The van der Waals surface area contributed by atoms with Gasteiger partial charge in [-0.2, -0.15) is 4.31 Å². The van der Waals surface area contributed by atoms with Gasteiger partial charge in [0.2, 0.25) is 10.0 Å². The molecule has 0 spiro atoms. The van der Waals surface area contributed by atoms with Gasteiger partial charge in [0, 0.05) is 13.1 Å². The summed E-state index contributed by atoms with van der Waals surface area (Å²) in [5, 5.41) is 9.48. The van der Waals surface area contributed by atoms with Crippen molar-refractivity contribution in [2.45, 2.75) is 19.4 Å². The normalized spacial score (nSPS) is 30.5. The Labute approximate surface area is 84.9 Å². The standard InChI is InChI=1S/C8H18N2O3S/c1-2-14(12,13)10-5-7(4-9)3-8(11)6-10/h7-8,11H,2-6,9H2,1H3. The molecule has 1 heterocycles. The van der Waals surface area contributed by atoms with Crippen molar-refractivity contribution in [3.8, 4) is 0 Å². The van der Waals surface area contributed by atoms with Crippen LogP contribution < -0.4 is 5.73 Å². The molecule has 0 amide bonds. The Morgan fingerprint density at radius 3 is 2.64 bits per heavy atom. The first-order chi connectivity index (χ1) is 6.49. The van der Waals surface area contributed by atoms with Crippen LogP contribution >= 0.6 is 0 Å². The molecular formula is C8H18N2O3S. The molecule has 84 valence electrons. The fraction of sp³-hybridized carbons (Fsp3) is 1.00. The monoisotopic (exact) mass is 222 g/mol. The Morgan fingerprint density at radius 1 is 1.50 bits per heavy atom. The summed E-state index contributed by atoms with van der Waals surface area (Å²) in [7, 11) is -3.18. The van der Waals surface area contributed by atoms with Crippen molar-refractivity contribution in [3.63, 3.8) is 0 Å². The second-order valence-electron chi connectivity index (χ2n) is 3.71. The van der Waals surface area contributed by atoms with Crippen molar-refractivity contribution in [2.75, 3.05) is 25.4 Å². The minimum Gasteiger partial charge on any atom is -0.392 e. The Balaban J connectivity index is 2.71. The highest BCUT2D eigenvalue weighted by Gasteiger charge is 2.31. The van der Waals surface area contributed by atoms with Crippen molar-refractivity contribution in [2.24, 2.45) is 11.7 Å². The van der Waals surface area contributed by atoms with Crippen LogP contribution in [0.25, 0.3) is 0 Å². The van der Waals surface area contributed by atoms with Gasteiger partial charge in [0.1, 0.15) is 0 Å². The van der Waals surface area contributed by atoms with Crippen molar-refractivity contribution in [1.29, 1.82) is 0 Å². The van der Waals surface area contributed by atoms with Gasteiger partial charge in [0.15, 0.2) is 0 Å². The Hall–Kier alpha value is -0.170. The van der Waals surface area contributed by atoms with Gasteiger partial charge in [-0.15, -0.1) is 0 Å². The van der Waals surface area contributed by atoms with Gasteiger partial charge >= 0.3 is 0 Å². The first kappa shape index (κ1) is 11.9. The number of hydrogen-bond acceptors (Lipinski definition) is 4. The molecule has 0 radical (unpaired) electrons. The van der Waals surface area contributed by atoms with Gasteiger partial charge in [-0.1, -0.05) is 0 Å². The van der Waals surface area contributed by atoms with Crippen molar-refractivity contribution >= 4 is 10.0 Å². The summed E-state index contributed by atoms with van der Waals surface area (Å²) in [6.07, 6.45) is 0.0327. The zero-order valence-corrected chi connectivity index (χ0v) is 9.20. The van der Waals surface area contributed by atoms with E-state index < -0.39 is 16.1 Å². The molecule has 2 atom stereocenters. The summed E-state index contributed by atoms with van der Waals surface area (Å²) >= 11 is 0. The van der Waals surface area contributed by atoms with Gasteiger partial charge in [0.05, 0.1) is 11.9 Å². The lowest BCUT2D eigenvalue weighted by molar-refractivity contribution is 0.0793. The largest absolute Gasteiger partial charge is 0.392 e. The average Bonchev–Trinajstić information content (AvgIpc) is 2.16. The molecule has 5 nitrogen and oxygen atoms in total. The lowest BCUT2D eigenvalue weighted by Crippen LogP contribution is -2.48. The van der Waals surface area contributed by atoms with Crippen LogP contribution in [-0.4, -0.2) is 49.3 Å². The molecule has 2 unspecified atom stereocenters. The number of aliphatic hydroxyl groups excluding tert-OH is 1. The van der Waals surface area contributed by atoms with E-state index in [0.29, 0.717) is 19.5 Å². The highest BCUT2D eigenvalue weighted by molar-refractivity contribution is 7.89. The van der Waals surface area contributed by atoms with E-state index in [1.807, 2.05) is 0 Å². The SMILES string of the molecule is CCS(=O)(=O)N1CC(O)CC(CN)C1. The maximum Gasteiger partial charge on any atom is 0.213 e. The Morgan fingerprint density at radius 2 is 2.14 bits per heavy atom. The first-order valence-electron chi connectivity index (χ1n) is 4.85. The number of rotatable bonds is 3. The van der Waals surface area contributed by atoms with Crippen LogP contribution in [0.1, 0.15) is 13.3 Å². The third kappa shape index (κ3) is 2.66. The smallest absolute Gasteiger partial charge is 0.213 e. The molecule has 6 heteroatoms. The lowest BCUT2D eigenvalue weighted by Gasteiger charge is -2.34. The summed E-state index contributed by atoms with van der Waals surface area (Å²) in [4.78, 5) is 0. The van der Waals surface area contributed by atoms with Gasteiger partial charge in [-0.3, -0.25) is 0 Å². The molecule has 14 heavy (non-hydrogen) atoms. The number of nitrogens with zero attached hydrogens (tertiary/aromatic N) is 1. The Bertz CT molecular complexity index is 278. The molecular weight excluding hydrogens is 204 g/mol. The highest BCUT2D eigenvalue weighted by Crippen LogP contribution is 2.18. The van der Waals surface area contributed by atoms with E-state index in [1.165, 1.54) is 4.31 Å². The quantitative estimate of drug-likeness (QED) is 0.640. The zero-order valence-electron chi connectivity index (χ0n) is 8.39. The third-order valence-electron chi connectivity index (χ3n) is 2.57. The number of nitrogens with two attached hydrogens (primary N) is 1. The predicted octanol–water partition coefficient (Wildman–Crippen LogP) is -1.02. The second kappa shape index (κ2) is 4.57. The van der Waals surface area contributed by atoms with E-state index in [-0.39, 0.29) is 18.2 Å². The van der Waals surface area contributed by atoms with Crippen LogP contribution in [0.3, 0.4) is 0 Å². The average molecular weight is 222 g/mol. The number of piperidine rings is 1. The van der Waals surface area contributed by atoms with E-state index in [4.69, 9.17) is 5.73 Å². The third-order valence-corrected chi connectivity index (χ3v) is 4.39. The van der Waals surface area contributed by atoms with Gasteiger partial charge in [-0.05, 0) is 25.8 Å². The minimum atomic E-state index is -3.18. The summed E-state index contributed by atoms with van der Waals surface area (Å²) in [6, 6.07) is 0. The van der Waals surface area contributed by atoms with Crippen LogP contribution in [0.5, 0.6) is 0 Å². The molecule has 1 aliphatic heterocycles. The van der Waals surface area contributed by atoms with Gasteiger partial charge < -0.3 is 10.8 Å². The molecule has 1 aliphatic rings. The van der Waals surface area contributed by atoms with Crippen LogP contribution in [0, 0.1) is 5.92 Å². The molecule has 1 rings (SSSR count). The topological polar surface area (TPSA) is 83.6 Å². The number of β-amino-alcohol motifs (C(OH)–C–C–N with tert-alkyl or cyclic N) is 1. The molecule has 0 aromatic rings. The number of aliphatic hydroxyl groups is 1. The fourth-order valence-electron chi connectivity index (χ4n) is 1.71. The molecule has 0 aromatic carbocycles. The zero-order chi connectivity index (χ0) is 10.8. The van der Waals surface area contributed by atoms with Crippen molar-refractivity contribution in [1.82, 2.24) is 4.31 Å². The van der Waals surface area contributed by atoms with Crippen molar-refractivity contribution < 1.29 is 13.5 Å². The molecule has 0 aromatic heterocycles. The Kier molecular flexibility index (Phi) is 3.88. The number of hydrogen-bond donors (Lipinski definition) is 2. The van der Waals surface area contributed by atoms with E-state index in [2.05, 4.69) is 0 Å². The lowest BCUT2D eigenvalue weighted by atomic mass is 9.98. The number of sulfonamides is 1. The molecule has 0 bridgehead atoms. The van der Waals surface area contributed by atoms with Crippen LogP contribution in [0.4, 0.5) is 0 Å². The molecule has 1 saturated heterocycles. The van der Waals surface area contributed by atoms with E-state index in [1.54, 1.807) is 6.92 Å². The molecule has 0 aliphatic carbocycles. The summed E-state index contributed by atoms with van der Waals surface area (Å²) in [6.45, 7) is 2.69. The molecule has 0 saturated carbocycles. The summed E-state index contributed by atoms with van der Waals surface area (Å²) in [5.41, 5.74) is 5.48. The van der Waals surface area contributed by atoms with Crippen LogP contribution in [-0.2, 0) is 10.0 Å². The molecule has 3 N–H and O–H groups in total. The summed E-state index contributed by atoms with van der Waals surface area (Å²) < 4.78 is 24.4. The summed E-state index contributed by atoms with van der Waals surface area (Å²) in [5.74, 6) is 0.164. The second-order valence-corrected chi connectivity index (χ2v) is 5.97. The van der Waals surface area contributed by atoms with Gasteiger partial charge in [0.25, 0.3) is 0 Å². The fourth-order valence-corrected chi connectivity index (χ4v) is 2.91. The predicted molar refractivity (Wildman–Crippen MR) is 54.2 cm³/mol. The molecule has 1 fully saturated rings. The maximum atomic E-state index is 11.5. The van der Waals surface area contributed by atoms with E-state index in [0.717, 1.165) is 0 Å². The van der Waals surface area contributed by atoms with Crippen LogP contribution in [0.15, 0.2) is 0 Å². The van der Waals surface area contributed by atoms with Gasteiger partial charge in [-0.25, -0.2) is 8.42 Å². The minimum absolute atomic E-state index is 0.0804.